The van der Waals surface area contributed by atoms with Crippen LogP contribution in [0.5, 0.6) is 0 Å². The predicted octanol–water partition coefficient (Wildman–Crippen LogP) is 9.94. The molecule has 8 rings (SSSR count). The number of fused-ring (bicyclic) bond motifs is 2. The Hall–Kier alpha value is -4.95. The molecule has 2 aromatic heterocycles. The average Bonchev–Trinajstić information content (AvgIpc) is 3.87. The smallest absolute Gasteiger partial charge is 0.300 e. The third-order valence-corrected chi connectivity index (χ3v) is 11.3. The number of hydrogen-bond acceptors (Lipinski definition) is 7. The molecule has 0 radical (unpaired) electrons. The second kappa shape index (κ2) is 17.9. The van der Waals surface area contributed by atoms with Crippen molar-refractivity contribution in [2.45, 2.75) is 20.0 Å². The highest BCUT2D eigenvalue weighted by Gasteiger charge is 2.22. The lowest BCUT2D eigenvalue weighted by Crippen LogP contribution is -2.01. The fraction of sp³-hybridized carbons (Fsp3) is 0.0750. The van der Waals surface area contributed by atoms with Crippen LogP contribution in [0.1, 0.15) is 29.2 Å². The number of amides is 2. The van der Waals surface area contributed by atoms with Crippen molar-refractivity contribution in [1.29, 1.82) is 0 Å². The molecule has 0 fully saturated rings. The number of carbonyl (C=O) groups is 3. The lowest BCUT2D eigenvalue weighted by molar-refractivity contribution is -0.134. The van der Waals surface area contributed by atoms with Crippen LogP contribution in [0.2, 0.25) is 20.1 Å². The minimum Gasteiger partial charge on any atom is -0.481 e. The fourth-order valence-corrected chi connectivity index (χ4v) is 7.83. The van der Waals surface area contributed by atoms with Gasteiger partial charge < -0.3 is 25.7 Å². The number of rotatable bonds is 6. The predicted molar refractivity (Wildman–Crippen MR) is 233 cm³/mol. The number of carboxylic acids is 1. The molecule has 5 N–H and O–H groups in total. The molecule has 0 saturated heterocycles. The molecule has 2 aliphatic heterocycles. The van der Waals surface area contributed by atoms with Crippen molar-refractivity contribution in [1.82, 2.24) is 9.13 Å². The van der Waals surface area contributed by atoms with Gasteiger partial charge in [0, 0.05) is 65.3 Å². The first-order valence-corrected chi connectivity index (χ1v) is 19.7. The van der Waals surface area contributed by atoms with E-state index in [1.165, 1.54) is 23.5 Å². The van der Waals surface area contributed by atoms with E-state index in [2.05, 4.69) is 19.1 Å². The maximum atomic E-state index is 11.9. The monoisotopic (exact) mass is 862 g/mol. The van der Waals surface area contributed by atoms with E-state index in [1.807, 2.05) is 97.3 Å². The SMILES string of the molecule is CC(=O)O.NC1=NC(=O)/C(=C/c2cn(Cc3ccc(Cl)c(Cl)c3)c3ccccc23)S1.NC1=NC(=O)/C(=C/c2cn(Cc3ccc(Cl)c(Cl)c3)c3ccccc23)S1. The number of aromatic nitrogens is 2. The van der Waals surface area contributed by atoms with E-state index in [1.54, 1.807) is 12.1 Å². The van der Waals surface area contributed by atoms with Crippen LogP contribution in [0.3, 0.4) is 0 Å². The summed E-state index contributed by atoms with van der Waals surface area (Å²) in [6, 6.07) is 27.3. The first kappa shape index (κ1) is 40.7. The van der Waals surface area contributed by atoms with E-state index >= 15 is 0 Å². The van der Waals surface area contributed by atoms with E-state index in [0.29, 0.717) is 43.0 Å². The summed E-state index contributed by atoms with van der Waals surface area (Å²) in [5.41, 5.74) is 17.4. The standard InChI is InChI=1S/2C19H13Cl2N3OS.C2H4O2/c2*20-14-6-5-11(7-15(14)21)9-24-10-12(13-3-1-2-4-16(13)24)8-17-18(25)23-19(22)26-17;1-2(3)4/h2*1-8,10H,9H2,(H2,22,23,25);1H3,(H,3,4)/b2*17-8-;. The Morgan fingerprint density at radius 2 is 1.04 bits per heavy atom. The molecule has 0 aliphatic carbocycles. The van der Waals surface area contributed by atoms with Crippen molar-refractivity contribution >= 4 is 132 Å². The Morgan fingerprint density at radius 3 is 1.38 bits per heavy atom. The Kier molecular flexibility index (Phi) is 13.0. The molecular formula is C40H30Cl4N6O4S2. The van der Waals surface area contributed by atoms with Gasteiger partial charge in [0.05, 0.1) is 29.9 Å². The van der Waals surface area contributed by atoms with Crippen molar-refractivity contribution in [3.05, 3.63) is 149 Å². The number of aliphatic carboxylic acids is 1. The second-order valence-corrected chi connectivity index (χ2v) is 16.0. The number of carbonyl (C=O) groups excluding carboxylic acids is 2. The third-order valence-electron chi connectivity index (χ3n) is 8.16. The van der Waals surface area contributed by atoms with Gasteiger partial charge >= 0.3 is 0 Å². The molecule has 2 amide bonds. The molecule has 16 heteroatoms. The number of hydrogen-bond donors (Lipinski definition) is 3. The molecule has 6 aromatic rings. The van der Waals surface area contributed by atoms with Crippen molar-refractivity contribution in [3.8, 4) is 0 Å². The molecule has 2 aliphatic rings. The van der Waals surface area contributed by atoms with Crippen LogP contribution in [-0.2, 0) is 27.5 Å². The fourth-order valence-electron chi connectivity index (χ4n) is 5.84. The number of benzene rings is 4. The lowest BCUT2D eigenvalue weighted by Gasteiger charge is -2.06. The summed E-state index contributed by atoms with van der Waals surface area (Å²) < 4.78 is 4.24. The number of halogens is 4. The molecule has 284 valence electrons. The van der Waals surface area contributed by atoms with Gasteiger partial charge in [-0.2, -0.15) is 9.98 Å². The first-order chi connectivity index (χ1) is 26.7. The lowest BCUT2D eigenvalue weighted by atomic mass is 10.1. The zero-order valence-corrected chi connectivity index (χ0v) is 33.9. The van der Waals surface area contributed by atoms with E-state index in [9.17, 15) is 9.59 Å². The molecule has 4 aromatic carbocycles. The van der Waals surface area contributed by atoms with Crippen LogP contribution in [0.15, 0.2) is 117 Å². The van der Waals surface area contributed by atoms with Gasteiger partial charge in [-0.05, 0) is 83.2 Å². The van der Waals surface area contributed by atoms with Gasteiger partial charge in [-0.25, -0.2) is 0 Å². The van der Waals surface area contributed by atoms with Crippen molar-refractivity contribution in [2.75, 3.05) is 0 Å². The number of aliphatic imine (C=N–C) groups is 2. The molecule has 0 unspecified atom stereocenters. The minimum absolute atomic E-state index is 0.279. The zero-order valence-electron chi connectivity index (χ0n) is 29.3. The van der Waals surface area contributed by atoms with Crippen molar-refractivity contribution in [3.63, 3.8) is 0 Å². The van der Waals surface area contributed by atoms with Gasteiger partial charge in [0.1, 0.15) is 0 Å². The summed E-state index contributed by atoms with van der Waals surface area (Å²) in [4.78, 5) is 41.4. The summed E-state index contributed by atoms with van der Waals surface area (Å²) in [6.45, 7) is 2.36. The normalized spacial score (nSPS) is 15.2. The Bertz CT molecular complexity index is 2490. The van der Waals surface area contributed by atoms with Gasteiger partial charge in [0.2, 0.25) is 0 Å². The summed E-state index contributed by atoms with van der Waals surface area (Å²) in [6.07, 6.45) is 7.71. The van der Waals surface area contributed by atoms with Crippen molar-refractivity contribution < 1.29 is 19.5 Å². The van der Waals surface area contributed by atoms with Crippen LogP contribution in [0.25, 0.3) is 34.0 Å². The first-order valence-electron chi connectivity index (χ1n) is 16.5. The Labute approximate surface area is 349 Å². The number of thioether (sulfide) groups is 2. The van der Waals surface area contributed by atoms with Gasteiger partial charge in [0.25, 0.3) is 17.8 Å². The topological polar surface area (TPSA) is 158 Å². The number of carboxylic acid groups (broad SMARTS) is 1. The highest BCUT2D eigenvalue weighted by atomic mass is 35.5. The number of nitrogens with zero attached hydrogens (tertiary/aromatic N) is 4. The van der Waals surface area contributed by atoms with E-state index < -0.39 is 5.97 Å². The molecular weight excluding hydrogens is 834 g/mol. The molecule has 0 atom stereocenters. The quantitative estimate of drug-likeness (QED) is 0.140. The largest absolute Gasteiger partial charge is 0.481 e. The molecule has 56 heavy (non-hydrogen) atoms. The average molecular weight is 865 g/mol. The molecule has 10 nitrogen and oxygen atoms in total. The van der Waals surface area contributed by atoms with Gasteiger partial charge in [-0.1, -0.05) is 94.9 Å². The number of para-hydroxylation sites is 2. The van der Waals surface area contributed by atoms with Crippen LogP contribution in [0, 0.1) is 0 Å². The maximum Gasteiger partial charge on any atom is 0.300 e. The Morgan fingerprint density at radius 1 is 0.661 bits per heavy atom. The Balaban J connectivity index is 0.000000174. The second-order valence-electron chi connectivity index (χ2n) is 12.2. The van der Waals surface area contributed by atoms with E-state index in [4.69, 9.17) is 67.8 Å². The maximum absolute atomic E-state index is 11.9. The third kappa shape index (κ3) is 9.88. The van der Waals surface area contributed by atoms with Crippen LogP contribution < -0.4 is 11.5 Å². The number of amidine groups is 2. The van der Waals surface area contributed by atoms with E-state index in [0.717, 1.165) is 51.0 Å². The highest BCUT2D eigenvalue weighted by Crippen LogP contribution is 2.33. The summed E-state index contributed by atoms with van der Waals surface area (Å²) in [5, 5.41) is 12.2. The van der Waals surface area contributed by atoms with Crippen molar-refractivity contribution in [2.24, 2.45) is 21.5 Å². The molecule has 4 heterocycles. The van der Waals surface area contributed by atoms with Gasteiger partial charge in [0.15, 0.2) is 10.3 Å². The van der Waals surface area contributed by atoms with Gasteiger partial charge in [-0.15, -0.1) is 0 Å². The summed E-state index contributed by atoms with van der Waals surface area (Å²) in [7, 11) is 0. The van der Waals surface area contributed by atoms with Crippen LogP contribution in [-0.4, -0.2) is 42.4 Å². The minimum atomic E-state index is -0.833. The van der Waals surface area contributed by atoms with Crippen LogP contribution in [0.4, 0.5) is 0 Å². The summed E-state index contributed by atoms with van der Waals surface area (Å²) in [5.74, 6) is -1.43. The molecule has 0 saturated carbocycles. The highest BCUT2D eigenvalue weighted by molar-refractivity contribution is 8.18. The zero-order chi connectivity index (χ0) is 40.1. The van der Waals surface area contributed by atoms with E-state index in [-0.39, 0.29) is 22.1 Å². The van der Waals surface area contributed by atoms with Crippen LogP contribution >= 0.6 is 69.9 Å². The van der Waals surface area contributed by atoms with Gasteiger partial charge in [-0.3, -0.25) is 14.4 Å². The molecule has 0 bridgehead atoms. The summed E-state index contributed by atoms with van der Waals surface area (Å²) >= 11 is 26.6. The number of nitrogens with two attached hydrogens (primary N) is 2. The molecule has 0 spiro atoms.